The van der Waals surface area contributed by atoms with Gasteiger partial charge in [0.15, 0.2) is 0 Å². The number of nitrogens with zero attached hydrogens (tertiary/aromatic N) is 3. The lowest BCUT2D eigenvalue weighted by atomic mass is 10.0. The zero-order chi connectivity index (χ0) is 23.8. The second-order valence-electron chi connectivity index (χ2n) is 9.22. The van der Waals surface area contributed by atoms with Crippen LogP contribution in [-0.2, 0) is 11.2 Å². The number of piperazine rings is 1. The smallest absolute Gasteiger partial charge is 0.407 e. The summed E-state index contributed by atoms with van der Waals surface area (Å²) in [6.07, 6.45) is -0.530. The van der Waals surface area contributed by atoms with Crippen molar-refractivity contribution in [3.63, 3.8) is 0 Å². The van der Waals surface area contributed by atoms with Crippen molar-refractivity contribution in [1.82, 2.24) is 15.1 Å². The maximum atomic E-state index is 13.3. The van der Waals surface area contributed by atoms with Gasteiger partial charge in [-0.3, -0.25) is 9.69 Å². The summed E-state index contributed by atoms with van der Waals surface area (Å²) in [7, 11) is 1.53. The topological polar surface area (TPSA) is 85.4 Å². The van der Waals surface area contributed by atoms with Gasteiger partial charge in [0.2, 0.25) is 0 Å². The second-order valence-corrected chi connectivity index (χ2v) is 9.22. The second kappa shape index (κ2) is 9.23. The van der Waals surface area contributed by atoms with Crippen LogP contribution in [0.1, 0.15) is 27.5 Å². The first-order valence-corrected chi connectivity index (χ1v) is 11.6. The molecule has 0 aromatic heterocycles. The highest BCUT2D eigenvalue weighted by atomic mass is 19.1. The minimum Gasteiger partial charge on any atom is -0.465 e. The third-order valence-electron chi connectivity index (χ3n) is 7.29. The number of fused-ring (bicyclic) bond motifs is 1. The SMILES string of the molecule is CN(C(=O)O)[C@H]1Cc2ccc(N3CCN(C4COC4)CC3)cc2[C@@H]1NC(=O)c1ccc(F)cc1. The fourth-order valence-electron chi connectivity index (χ4n) is 5.09. The van der Waals surface area contributed by atoms with E-state index in [4.69, 9.17) is 4.74 Å². The van der Waals surface area contributed by atoms with Crippen molar-refractivity contribution in [2.75, 3.05) is 51.3 Å². The van der Waals surface area contributed by atoms with Gasteiger partial charge in [0, 0.05) is 44.5 Å². The fraction of sp³-hybridized carbons (Fsp3) is 0.440. The Morgan fingerprint density at radius 1 is 1.09 bits per heavy atom. The van der Waals surface area contributed by atoms with Crippen molar-refractivity contribution < 1.29 is 23.8 Å². The lowest BCUT2D eigenvalue weighted by molar-refractivity contribution is -0.0660. The summed E-state index contributed by atoms with van der Waals surface area (Å²) in [4.78, 5) is 30.8. The number of halogens is 1. The van der Waals surface area contributed by atoms with E-state index in [-0.39, 0.29) is 5.91 Å². The molecule has 2 atom stereocenters. The number of carbonyl (C=O) groups is 2. The number of amides is 2. The van der Waals surface area contributed by atoms with Gasteiger partial charge < -0.3 is 25.0 Å². The third kappa shape index (κ3) is 4.33. The monoisotopic (exact) mass is 468 g/mol. The summed E-state index contributed by atoms with van der Waals surface area (Å²) in [6.45, 7) is 5.38. The number of hydrogen-bond donors (Lipinski definition) is 2. The Bertz CT molecular complexity index is 1070. The van der Waals surface area contributed by atoms with Crippen molar-refractivity contribution in [2.45, 2.75) is 24.5 Å². The van der Waals surface area contributed by atoms with Crippen LogP contribution in [0.25, 0.3) is 0 Å². The Morgan fingerprint density at radius 2 is 1.79 bits per heavy atom. The summed E-state index contributed by atoms with van der Waals surface area (Å²) in [6, 6.07) is 11.2. The standard InChI is InChI=1S/C25H29FN4O4/c1-28(25(32)33)22-12-17-4-7-19(29-8-10-30(11-9-29)20-14-34-15-20)13-21(17)23(22)27-24(31)16-2-5-18(26)6-3-16/h2-7,13,20,22-23H,8-12,14-15H2,1H3,(H,27,31)(H,32,33)/t22-,23-/m0/s1. The number of benzene rings is 2. The van der Waals surface area contributed by atoms with Crippen molar-refractivity contribution >= 4 is 17.7 Å². The highest BCUT2D eigenvalue weighted by Gasteiger charge is 2.39. The summed E-state index contributed by atoms with van der Waals surface area (Å²) in [5.74, 6) is -0.774. The van der Waals surface area contributed by atoms with Crippen molar-refractivity contribution in [2.24, 2.45) is 0 Å². The van der Waals surface area contributed by atoms with Crippen LogP contribution in [0.5, 0.6) is 0 Å². The zero-order valence-corrected chi connectivity index (χ0v) is 19.1. The van der Waals surface area contributed by atoms with E-state index in [1.54, 1.807) is 0 Å². The number of hydrogen-bond acceptors (Lipinski definition) is 5. The van der Waals surface area contributed by atoms with Gasteiger partial charge in [-0.15, -0.1) is 0 Å². The summed E-state index contributed by atoms with van der Waals surface area (Å²) >= 11 is 0. The Labute approximate surface area is 197 Å². The molecule has 2 aromatic rings. The summed E-state index contributed by atoms with van der Waals surface area (Å²) in [5.41, 5.74) is 3.36. The quantitative estimate of drug-likeness (QED) is 0.701. The van der Waals surface area contributed by atoms with Gasteiger partial charge in [-0.05, 0) is 53.9 Å². The molecule has 180 valence electrons. The summed E-state index contributed by atoms with van der Waals surface area (Å²) in [5, 5.41) is 12.6. The Morgan fingerprint density at radius 3 is 2.41 bits per heavy atom. The van der Waals surface area contributed by atoms with E-state index in [0.29, 0.717) is 18.0 Å². The minimum absolute atomic E-state index is 0.332. The lowest BCUT2D eigenvalue weighted by Gasteiger charge is -2.43. The third-order valence-corrected chi connectivity index (χ3v) is 7.29. The van der Waals surface area contributed by atoms with Gasteiger partial charge >= 0.3 is 6.09 Å². The predicted octanol–water partition coefficient (Wildman–Crippen LogP) is 2.35. The first kappa shape index (κ1) is 22.6. The maximum absolute atomic E-state index is 13.3. The van der Waals surface area contributed by atoms with Crippen LogP contribution >= 0.6 is 0 Å². The first-order valence-electron chi connectivity index (χ1n) is 11.6. The van der Waals surface area contributed by atoms with E-state index in [1.165, 1.54) is 36.2 Å². The number of carbonyl (C=O) groups excluding carboxylic acids is 1. The predicted molar refractivity (Wildman–Crippen MR) is 125 cm³/mol. The molecule has 2 aliphatic heterocycles. The molecule has 2 fully saturated rings. The number of carboxylic acid groups (broad SMARTS) is 1. The molecule has 0 radical (unpaired) electrons. The van der Waals surface area contributed by atoms with Gasteiger partial charge in [-0.25, -0.2) is 9.18 Å². The molecule has 3 aliphatic rings. The van der Waals surface area contributed by atoms with Crippen LogP contribution in [0.3, 0.4) is 0 Å². The van der Waals surface area contributed by atoms with Crippen LogP contribution in [0, 0.1) is 5.82 Å². The van der Waals surface area contributed by atoms with Gasteiger partial charge in [0.25, 0.3) is 5.91 Å². The van der Waals surface area contributed by atoms with Crippen LogP contribution in [-0.4, -0.2) is 85.4 Å². The van der Waals surface area contributed by atoms with Gasteiger partial charge in [-0.2, -0.15) is 0 Å². The molecule has 9 heteroatoms. The van der Waals surface area contributed by atoms with Crippen LogP contribution < -0.4 is 10.2 Å². The molecule has 2 heterocycles. The normalized spacial score (nSPS) is 22.7. The van der Waals surface area contributed by atoms with E-state index in [9.17, 15) is 19.1 Å². The molecule has 0 spiro atoms. The number of likely N-dealkylation sites (N-methyl/N-ethyl adjacent to an activating group) is 1. The molecule has 8 nitrogen and oxygen atoms in total. The Balaban J connectivity index is 1.37. The minimum atomic E-state index is -1.05. The van der Waals surface area contributed by atoms with Gasteiger partial charge in [0.05, 0.1) is 31.3 Å². The van der Waals surface area contributed by atoms with Crippen molar-refractivity contribution in [3.05, 3.63) is 65.0 Å². The molecule has 34 heavy (non-hydrogen) atoms. The molecule has 2 amide bonds. The molecule has 0 bridgehead atoms. The molecule has 2 N–H and O–H groups in total. The molecule has 2 aromatic carbocycles. The summed E-state index contributed by atoms with van der Waals surface area (Å²) < 4.78 is 18.6. The molecule has 5 rings (SSSR count). The zero-order valence-electron chi connectivity index (χ0n) is 19.1. The number of ether oxygens (including phenoxy) is 1. The van der Waals surface area contributed by atoms with Crippen LogP contribution in [0.4, 0.5) is 14.9 Å². The first-order chi connectivity index (χ1) is 16.4. The van der Waals surface area contributed by atoms with Crippen molar-refractivity contribution in [3.8, 4) is 0 Å². The fourth-order valence-corrected chi connectivity index (χ4v) is 5.09. The van der Waals surface area contributed by atoms with Crippen LogP contribution in [0.15, 0.2) is 42.5 Å². The average Bonchev–Trinajstić information content (AvgIpc) is 3.15. The number of anilines is 1. The Kier molecular flexibility index (Phi) is 6.14. The van der Waals surface area contributed by atoms with E-state index in [0.717, 1.165) is 56.2 Å². The lowest BCUT2D eigenvalue weighted by Crippen LogP contribution is -2.56. The van der Waals surface area contributed by atoms with Gasteiger partial charge in [-0.1, -0.05) is 6.07 Å². The van der Waals surface area contributed by atoms with E-state index in [1.807, 2.05) is 6.07 Å². The van der Waals surface area contributed by atoms with Crippen molar-refractivity contribution in [1.29, 1.82) is 0 Å². The van der Waals surface area contributed by atoms with E-state index < -0.39 is 24.0 Å². The number of rotatable bonds is 5. The molecular formula is C25H29FN4O4. The Hall–Kier alpha value is -3.17. The molecular weight excluding hydrogens is 439 g/mol. The molecule has 1 aliphatic carbocycles. The average molecular weight is 469 g/mol. The van der Waals surface area contributed by atoms with E-state index in [2.05, 4.69) is 27.2 Å². The molecule has 0 unspecified atom stereocenters. The van der Waals surface area contributed by atoms with Gasteiger partial charge in [0.1, 0.15) is 5.82 Å². The number of nitrogens with one attached hydrogen (secondary N) is 1. The highest BCUT2D eigenvalue weighted by Crippen LogP contribution is 2.37. The largest absolute Gasteiger partial charge is 0.465 e. The molecule has 2 saturated heterocycles. The highest BCUT2D eigenvalue weighted by molar-refractivity contribution is 5.94. The van der Waals surface area contributed by atoms with E-state index >= 15 is 0 Å². The van der Waals surface area contributed by atoms with Crippen LogP contribution in [0.2, 0.25) is 0 Å². The molecule has 0 saturated carbocycles. The maximum Gasteiger partial charge on any atom is 0.407 e.